The van der Waals surface area contributed by atoms with Crippen molar-refractivity contribution in [2.45, 2.75) is 12.5 Å². The van der Waals surface area contributed by atoms with Crippen molar-refractivity contribution in [2.24, 2.45) is 0 Å². The van der Waals surface area contributed by atoms with Gasteiger partial charge in [-0.3, -0.25) is 0 Å². The maximum atomic E-state index is 13.6. The van der Waals surface area contributed by atoms with Crippen molar-refractivity contribution in [3.63, 3.8) is 0 Å². The quantitative estimate of drug-likeness (QED) is 0.885. The maximum absolute atomic E-state index is 13.6. The van der Waals surface area contributed by atoms with Gasteiger partial charge in [0.25, 0.3) is 0 Å². The highest BCUT2D eigenvalue weighted by Gasteiger charge is 2.15. The molecule has 4 heteroatoms. The normalized spacial score (nSPS) is 12.4. The number of rotatable bonds is 3. The van der Waals surface area contributed by atoms with Gasteiger partial charge in [0.2, 0.25) is 0 Å². The molecule has 0 bridgehead atoms. The molecule has 1 unspecified atom stereocenters. The molecule has 1 atom stereocenters. The predicted octanol–water partition coefficient (Wildman–Crippen LogP) is 4.41. The van der Waals surface area contributed by atoms with Crippen LogP contribution in [0.4, 0.5) is 4.39 Å². The van der Waals surface area contributed by atoms with E-state index >= 15 is 0 Å². The highest BCUT2D eigenvalue weighted by Crippen LogP contribution is 2.26. The van der Waals surface area contributed by atoms with Crippen molar-refractivity contribution in [3.05, 3.63) is 69.5 Å². The van der Waals surface area contributed by atoms with Gasteiger partial charge in [0, 0.05) is 22.0 Å². The average Bonchev–Trinajstić information content (AvgIpc) is 2.35. The number of hydrogen-bond donors (Lipinski definition) is 1. The minimum Gasteiger partial charge on any atom is -0.388 e. The number of halogens is 3. The van der Waals surface area contributed by atoms with Crippen molar-refractivity contribution in [3.8, 4) is 0 Å². The van der Waals surface area contributed by atoms with Gasteiger partial charge < -0.3 is 5.11 Å². The van der Waals surface area contributed by atoms with E-state index in [1.807, 2.05) is 6.07 Å². The summed E-state index contributed by atoms with van der Waals surface area (Å²) < 4.78 is 13.6. The van der Waals surface area contributed by atoms with Crippen LogP contribution in [0.15, 0.2) is 42.5 Å². The lowest BCUT2D eigenvalue weighted by molar-refractivity contribution is 0.173. The van der Waals surface area contributed by atoms with Gasteiger partial charge >= 0.3 is 0 Å². The molecule has 1 nitrogen and oxygen atoms in total. The van der Waals surface area contributed by atoms with E-state index in [1.165, 1.54) is 18.2 Å². The van der Waals surface area contributed by atoms with Crippen molar-refractivity contribution < 1.29 is 9.50 Å². The molecule has 0 spiro atoms. The van der Waals surface area contributed by atoms with Gasteiger partial charge in [-0.2, -0.15) is 0 Å². The molecule has 1 N–H and O–H groups in total. The van der Waals surface area contributed by atoms with Gasteiger partial charge in [0.05, 0.1) is 6.10 Å². The minimum absolute atomic E-state index is 0.183. The second-order valence-electron chi connectivity index (χ2n) is 3.98. The molecule has 0 fully saturated rings. The van der Waals surface area contributed by atoms with Crippen LogP contribution in [-0.2, 0) is 6.42 Å². The predicted molar refractivity (Wildman–Crippen MR) is 71.5 cm³/mol. The number of aliphatic hydroxyl groups is 1. The van der Waals surface area contributed by atoms with E-state index < -0.39 is 11.9 Å². The zero-order valence-electron chi connectivity index (χ0n) is 9.41. The molecule has 0 heterocycles. The molecule has 0 saturated carbocycles. The molecule has 0 aromatic heterocycles. The van der Waals surface area contributed by atoms with E-state index in [2.05, 4.69) is 0 Å². The Labute approximate surface area is 115 Å². The second kappa shape index (κ2) is 5.70. The molecular weight excluding hydrogens is 274 g/mol. The van der Waals surface area contributed by atoms with E-state index in [0.29, 0.717) is 10.0 Å². The van der Waals surface area contributed by atoms with Crippen LogP contribution in [0.1, 0.15) is 17.2 Å². The summed E-state index contributed by atoms with van der Waals surface area (Å²) in [6.45, 7) is 0. The lowest BCUT2D eigenvalue weighted by Gasteiger charge is -2.13. The Morgan fingerprint density at radius 1 is 1.11 bits per heavy atom. The fourth-order valence-corrected chi connectivity index (χ4v) is 2.15. The van der Waals surface area contributed by atoms with E-state index in [1.54, 1.807) is 18.2 Å². The highest BCUT2D eigenvalue weighted by molar-refractivity contribution is 6.31. The summed E-state index contributed by atoms with van der Waals surface area (Å²) in [6, 6.07) is 11.3. The molecule has 2 aromatic rings. The van der Waals surface area contributed by atoms with Crippen molar-refractivity contribution in [2.75, 3.05) is 0 Å². The molecule has 2 aromatic carbocycles. The summed E-state index contributed by atoms with van der Waals surface area (Å²) in [5.74, 6) is -0.473. The summed E-state index contributed by atoms with van der Waals surface area (Å²) >= 11 is 11.8. The average molecular weight is 285 g/mol. The molecule has 18 heavy (non-hydrogen) atoms. The van der Waals surface area contributed by atoms with Gasteiger partial charge in [-0.05, 0) is 29.8 Å². The van der Waals surface area contributed by atoms with Crippen LogP contribution in [0.2, 0.25) is 10.0 Å². The van der Waals surface area contributed by atoms with Crippen molar-refractivity contribution >= 4 is 23.2 Å². The highest BCUT2D eigenvalue weighted by atomic mass is 35.5. The van der Waals surface area contributed by atoms with Crippen LogP contribution in [0.3, 0.4) is 0 Å². The first-order valence-electron chi connectivity index (χ1n) is 5.44. The zero-order chi connectivity index (χ0) is 13.1. The van der Waals surface area contributed by atoms with E-state index in [-0.39, 0.29) is 12.0 Å². The SMILES string of the molecule is OC(Cc1ccccc1Cl)c1cc(Cl)ccc1F. The van der Waals surface area contributed by atoms with Gasteiger partial charge in [0.1, 0.15) is 5.82 Å². The Balaban J connectivity index is 2.25. The molecule has 94 valence electrons. The number of benzene rings is 2. The fourth-order valence-electron chi connectivity index (χ4n) is 1.75. The Morgan fingerprint density at radius 3 is 2.56 bits per heavy atom. The lowest BCUT2D eigenvalue weighted by Crippen LogP contribution is -2.04. The third-order valence-electron chi connectivity index (χ3n) is 2.69. The third kappa shape index (κ3) is 3.02. The Morgan fingerprint density at radius 2 is 1.83 bits per heavy atom. The van der Waals surface area contributed by atoms with Gasteiger partial charge in [-0.15, -0.1) is 0 Å². The van der Waals surface area contributed by atoms with E-state index in [4.69, 9.17) is 23.2 Å². The monoisotopic (exact) mass is 284 g/mol. The zero-order valence-corrected chi connectivity index (χ0v) is 10.9. The summed E-state index contributed by atoms with van der Waals surface area (Å²) in [6.07, 6.45) is -0.722. The van der Waals surface area contributed by atoms with Crippen LogP contribution in [-0.4, -0.2) is 5.11 Å². The molecule has 0 saturated heterocycles. The van der Waals surface area contributed by atoms with Crippen LogP contribution in [0, 0.1) is 5.82 Å². The third-order valence-corrected chi connectivity index (χ3v) is 3.29. The first-order chi connectivity index (χ1) is 8.58. The Bertz CT molecular complexity index is 557. The fraction of sp³-hybridized carbons (Fsp3) is 0.143. The van der Waals surface area contributed by atoms with E-state index in [9.17, 15) is 9.50 Å². The lowest BCUT2D eigenvalue weighted by atomic mass is 10.0. The first kappa shape index (κ1) is 13.3. The van der Waals surface area contributed by atoms with Gasteiger partial charge in [0.15, 0.2) is 0 Å². The molecule has 0 aliphatic heterocycles. The van der Waals surface area contributed by atoms with Crippen molar-refractivity contribution in [1.29, 1.82) is 0 Å². The number of aliphatic hydroxyl groups excluding tert-OH is 1. The number of hydrogen-bond acceptors (Lipinski definition) is 1. The summed E-state index contributed by atoms with van der Waals surface area (Å²) in [5, 5.41) is 11.0. The van der Waals surface area contributed by atoms with Gasteiger partial charge in [-0.1, -0.05) is 41.4 Å². The molecule has 0 aliphatic rings. The maximum Gasteiger partial charge on any atom is 0.129 e. The molecule has 2 rings (SSSR count). The van der Waals surface area contributed by atoms with Gasteiger partial charge in [-0.25, -0.2) is 4.39 Å². The molecule has 0 amide bonds. The Hall–Kier alpha value is -1.09. The second-order valence-corrected chi connectivity index (χ2v) is 4.82. The standard InChI is InChI=1S/C14H11Cl2FO/c15-10-5-6-13(17)11(8-10)14(18)7-9-3-1-2-4-12(9)16/h1-6,8,14,18H,7H2. The van der Waals surface area contributed by atoms with Crippen LogP contribution >= 0.6 is 23.2 Å². The summed E-state index contributed by atoms with van der Waals surface area (Å²) in [7, 11) is 0. The smallest absolute Gasteiger partial charge is 0.129 e. The van der Waals surface area contributed by atoms with Crippen LogP contribution < -0.4 is 0 Å². The topological polar surface area (TPSA) is 20.2 Å². The first-order valence-corrected chi connectivity index (χ1v) is 6.20. The largest absolute Gasteiger partial charge is 0.388 e. The van der Waals surface area contributed by atoms with E-state index in [0.717, 1.165) is 5.56 Å². The molecular formula is C14H11Cl2FO. The van der Waals surface area contributed by atoms with Crippen LogP contribution in [0.25, 0.3) is 0 Å². The molecule has 0 radical (unpaired) electrons. The summed E-state index contributed by atoms with van der Waals surface area (Å²) in [5.41, 5.74) is 0.952. The molecule has 0 aliphatic carbocycles. The minimum atomic E-state index is -0.969. The van der Waals surface area contributed by atoms with Crippen LogP contribution in [0.5, 0.6) is 0 Å². The van der Waals surface area contributed by atoms with Crippen molar-refractivity contribution in [1.82, 2.24) is 0 Å². The Kier molecular flexibility index (Phi) is 4.23. The summed E-state index contributed by atoms with van der Waals surface area (Å²) in [4.78, 5) is 0.